The lowest BCUT2D eigenvalue weighted by Crippen LogP contribution is -2.32. The molecule has 1 aromatic heterocycles. The molecule has 9 nitrogen and oxygen atoms in total. The molecule has 0 fully saturated rings. The molecule has 0 saturated heterocycles. The highest BCUT2D eigenvalue weighted by Crippen LogP contribution is 2.21. The molecule has 0 bridgehead atoms. The quantitative estimate of drug-likeness (QED) is 0.154. The summed E-state index contributed by atoms with van der Waals surface area (Å²) >= 11 is 0. The summed E-state index contributed by atoms with van der Waals surface area (Å²) in [6.45, 7) is 3.11. The van der Waals surface area contributed by atoms with Gasteiger partial charge in [-0.2, -0.15) is 0 Å². The Labute approximate surface area is 255 Å². The minimum Gasteiger partial charge on any atom is -0.490 e. The molecule has 9 heteroatoms. The summed E-state index contributed by atoms with van der Waals surface area (Å²) in [5, 5.41) is 9.28. The third-order valence-corrected chi connectivity index (χ3v) is 6.80. The van der Waals surface area contributed by atoms with Gasteiger partial charge in [0.05, 0.1) is 17.5 Å². The van der Waals surface area contributed by atoms with E-state index in [4.69, 9.17) is 14.2 Å². The zero-order chi connectivity index (χ0) is 30.7. The number of carboxylic acid groups (broad SMARTS) is 1. The van der Waals surface area contributed by atoms with Gasteiger partial charge in [0.15, 0.2) is 0 Å². The summed E-state index contributed by atoms with van der Waals surface area (Å²) in [6.07, 6.45) is -0.168. The van der Waals surface area contributed by atoms with Crippen LogP contribution in [-0.4, -0.2) is 51.6 Å². The van der Waals surface area contributed by atoms with Crippen LogP contribution in [0, 0.1) is 6.92 Å². The van der Waals surface area contributed by atoms with E-state index in [0.717, 1.165) is 22.2 Å². The first-order valence-corrected chi connectivity index (χ1v) is 14.3. The fraction of sp³-hybridized carbons (Fsp3) is 0.200. The second kappa shape index (κ2) is 14.6. The number of carbonyl (C=O) groups is 2. The summed E-state index contributed by atoms with van der Waals surface area (Å²) in [5.41, 5.74) is 4.58. The zero-order valence-corrected chi connectivity index (χ0v) is 24.4. The van der Waals surface area contributed by atoms with E-state index in [2.05, 4.69) is 9.97 Å². The van der Waals surface area contributed by atoms with Gasteiger partial charge in [-0.05, 0) is 66.6 Å². The number of carboxylic acids is 1. The smallest absolute Gasteiger partial charge is 0.305 e. The Morgan fingerprint density at radius 2 is 1.41 bits per heavy atom. The largest absolute Gasteiger partial charge is 0.490 e. The molecule has 0 saturated carbocycles. The number of aromatic nitrogens is 2. The fourth-order valence-corrected chi connectivity index (χ4v) is 4.56. The maximum Gasteiger partial charge on any atom is 0.305 e. The van der Waals surface area contributed by atoms with Gasteiger partial charge in [0.25, 0.3) is 5.91 Å². The highest BCUT2D eigenvalue weighted by atomic mass is 16.5. The number of nitrogens with zero attached hydrogens (tertiary/aromatic N) is 3. The molecule has 1 N–H and O–H groups in total. The number of rotatable bonds is 14. The molecular weight excluding hydrogens is 558 g/mol. The average Bonchev–Trinajstić information content (AvgIpc) is 3.05. The van der Waals surface area contributed by atoms with Crippen LogP contribution in [-0.2, 0) is 17.9 Å². The van der Waals surface area contributed by atoms with Crippen molar-refractivity contribution in [1.29, 1.82) is 0 Å². The summed E-state index contributed by atoms with van der Waals surface area (Å²) < 4.78 is 17.5. The molecular formula is C35H33N3O6. The lowest BCUT2D eigenvalue weighted by atomic mass is 10.1. The molecule has 0 unspecified atom stereocenters. The Kier molecular flexibility index (Phi) is 9.99. The highest BCUT2D eigenvalue weighted by molar-refractivity contribution is 5.94. The van der Waals surface area contributed by atoms with Crippen LogP contribution in [0.3, 0.4) is 0 Å². The number of hydrogen-bond donors (Lipinski definition) is 1. The Hall–Kier alpha value is -5.44. The maximum absolute atomic E-state index is 13.4. The molecule has 0 aliphatic carbocycles. The number of hydrogen-bond acceptors (Lipinski definition) is 7. The number of benzene rings is 4. The van der Waals surface area contributed by atoms with E-state index >= 15 is 0 Å². The van der Waals surface area contributed by atoms with Gasteiger partial charge in [-0.1, -0.05) is 54.6 Å². The van der Waals surface area contributed by atoms with Crippen molar-refractivity contribution in [2.45, 2.75) is 26.5 Å². The van der Waals surface area contributed by atoms with Crippen molar-refractivity contribution in [2.75, 3.05) is 19.8 Å². The van der Waals surface area contributed by atoms with Crippen LogP contribution in [0.1, 0.15) is 33.6 Å². The molecule has 5 aromatic rings. The summed E-state index contributed by atoms with van der Waals surface area (Å²) in [7, 11) is 0. The van der Waals surface area contributed by atoms with Gasteiger partial charge in [-0.15, -0.1) is 0 Å². The van der Waals surface area contributed by atoms with Crippen LogP contribution in [0.5, 0.6) is 17.4 Å². The summed E-state index contributed by atoms with van der Waals surface area (Å²) in [6, 6.07) is 31.7. The Morgan fingerprint density at radius 3 is 2.16 bits per heavy atom. The Balaban J connectivity index is 1.17. The number of aryl methyl sites for hydroxylation is 1. The van der Waals surface area contributed by atoms with Crippen LogP contribution < -0.4 is 14.2 Å². The molecule has 0 spiro atoms. The van der Waals surface area contributed by atoms with Gasteiger partial charge in [0, 0.05) is 18.7 Å². The normalized spacial score (nSPS) is 10.8. The summed E-state index contributed by atoms with van der Waals surface area (Å²) in [5.74, 6) is 0.459. The number of fused-ring (bicyclic) bond motifs is 1. The van der Waals surface area contributed by atoms with Gasteiger partial charge in [0.2, 0.25) is 5.88 Å². The molecule has 0 aliphatic heterocycles. The van der Waals surface area contributed by atoms with Crippen LogP contribution in [0.15, 0.2) is 103 Å². The van der Waals surface area contributed by atoms with Crippen molar-refractivity contribution in [3.63, 3.8) is 0 Å². The molecule has 4 aromatic carbocycles. The van der Waals surface area contributed by atoms with Crippen molar-refractivity contribution in [1.82, 2.24) is 14.9 Å². The maximum atomic E-state index is 13.4. The van der Waals surface area contributed by atoms with Gasteiger partial charge in [0.1, 0.15) is 37.0 Å². The van der Waals surface area contributed by atoms with Crippen molar-refractivity contribution in [3.8, 4) is 17.4 Å². The van der Waals surface area contributed by atoms with E-state index in [1.165, 1.54) is 4.90 Å². The SMILES string of the molecule is Cc1nc2ccccc2nc1OCCOc1ccc(C(=O)N(CCC(=O)O)Cc2cccc(OCc3ccccc3)c2)cc1. The minimum atomic E-state index is -0.974. The van der Waals surface area contributed by atoms with E-state index in [-0.39, 0.29) is 38.6 Å². The van der Waals surface area contributed by atoms with Crippen LogP contribution >= 0.6 is 0 Å². The number of aliphatic carboxylic acids is 1. The standard InChI is InChI=1S/C35H33N3O6/c1-25-34(37-32-13-6-5-12-31(32)36-25)43-21-20-42-29-16-14-28(15-17-29)35(41)38(19-18-33(39)40)23-27-10-7-11-30(22-27)44-24-26-8-3-2-4-9-26/h2-17,22H,18-21,23-24H2,1H3,(H,39,40). The number of para-hydroxylation sites is 2. The molecule has 0 atom stereocenters. The van der Waals surface area contributed by atoms with Crippen LogP contribution in [0.25, 0.3) is 11.0 Å². The van der Waals surface area contributed by atoms with E-state index < -0.39 is 5.97 Å². The number of carbonyl (C=O) groups excluding carboxylic acids is 1. The highest BCUT2D eigenvalue weighted by Gasteiger charge is 2.18. The van der Waals surface area contributed by atoms with Crippen LogP contribution in [0.4, 0.5) is 0 Å². The monoisotopic (exact) mass is 591 g/mol. The number of ether oxygens (including phenoxy) is 3. The topological polar surface area (TPSA) is 111 Å². The second-order valence-corrected chi connectivity index (χ2v) is 10.1. The van der Waals surface area contributed by atoms with Crippen molar-refractivity contribution in [3.05, 3.63) is 126 Å². The summed E-state index contributed by atoms with van der Waals surface area (Å²) in [4.78, 5) is 35.3. The molecule has 224 valence electrons. The molecule has 44 heavy (non-hydrogen) atoms. The van der Waals surface area contributed by atoms with E-state index in [1.807, 2.05) is 85.8 Å². The predicted molar refractivity (Wildman–Crippen MR) is 166 cm³/mol. The second-order valence-electron chi connectivity index (χ2n) is 10.1. The van der Waals surface area contributed by atoms with Crippen molar-refractivity contribution >= 4 is 22.9 Å². The third-order valence-electron chi connectivity index (χ3n) is 6.80. The van der Waals surface area contributed by atoms with Gasteiger partial charge < -0.3 is 24.2 Å². The average molecular weight is 592 g/mol. The van der Waals surface area contributed by atoms with E-state index in [0.29, 0.717) is 35.2 Å². The Morgan fingerprint density at radius 1 is 0.727 bits per heavy atom. The zero-order valence-electron chi connectivity index (χ0n) is 24.4. The lowest BCUT2D eigenvalue weighted by Gasteiger charge is -2.23. The third kappa shape index (κ3) is 8.32. The van der Waals surface area contributed by atoms with Crippen molar-refractivity contribution in [2.24, 2.45) is 0 Å². The van der Waals surface area contributed by atoms with Crippen LogP contribution in [0.2, 0.25) is 0 Å². The first-order chi connectivity index (χ1) is 21.4. The first kappa shape index (κ1) is 30.0. The fourth-order valence-electron chi connectivity index (χ4n) is 4.56. The molecule has 1 heterocycles. The molecule has 0 radical (unpaired) electrons. The van der Waals surface area contributed by atoms with Gasteiger partial charge in [-0.3, -0.25) is 9.59 Å². The van der Waals surface area contributed by atoms with Gasteiger partial charge >= 0.3 is 5.97 Å². The first-order valence-electron chi connectivity index (χ1n) is 14.3. The van der Waals surface area contributed by atoms with Crippen molar-refractivity contribution < 1.29 is 28.9 Å². The number of amides is 1. The van der Waals surface area contributed by atoms with Gasteiger partial charge in [-0.25, -0.2) is 9.97 Å². The molecule has 1 amide bonds. The predicted octanol–water partition coefficient (Wildman–Crippen LogP) is 6.09. The van der Waals surface area contributed by atoms with E-state index in [9.17, 15) is 14.7 Å². The van der Waals surface area contributed by atoms with E-state index in [1.54, 1.807) is 24.3 Å². The minimum absolute atomic E-state index is 0.0654. The molecule has 0 aliphatic rings. The molecule has 5 rings (SSSR count). The Bertz CT molecular complexity index is 1710. The lowest BCUT2D eigenvalue weighted by molar-refractivity contribution is -0.137.